The van der Waals surface area contributed by atoms with Gasteiger partial charge in [-0.05, 0) is 56.2 Å². The summed E-state index contributed by atoms with van der Waals surface area (Å²) >= 11 is 1.20. The first kappa shape index (κ1) is 24.0. The smallest absolute Gasteiger partial charge is 0.335 e. The fourth-order valence-corrected chi connectivity index (χ4v) is 3.96. The predicted octanol–water partition coefficient (Wildman–Crippen LogP) is 3.53. The van der Waals surface area contributed by atoms with Crippen molar-refractivity contribution in [2.75, 3.05) is 16.4 Å². The fourth-order valence-electron chi connectivity index (χ4n) is 3.14. The molecule has 0 saturated heterocycles. The second-order valence-electron chi connectivity index (χ2n) is 7.41. The minimum atomic E-state index is -1.06. The van der Waals surface area contributed by atoms with Crippen LogP contribution in [0.5, 0.6) is 0 Å². The lowest BCUT2D eigenvalue weighted by atomic mass is 10.1. The number of aromatic nitrogens is 3. The Morgan fingerprint density at radius 3 is 2.55 bits per heavy atom. The quantitative estimate of drug-likeness (QED) is 0.411. The van der Waals surface area contributed by atoms with Gasteiger partial charge in [0, 0.05) is 17.9 Å². The van der Waals surface area contributed by atoms with Gasteiger partial charge in [-0.15, -0.1) is 10.2 Å². The first-order valence-corrected chi connectivity index (χ1v) is 11.3. The minimum absolute atomic E-state index is 0.0585. The summed E-state index contributed by atoms with van der Waals surface area (Å²) in [6.07, 6.45) is 0.0585. The van der Waals surface area contributed by atoms with Crippen LogP contribution in [0.15, 0.2) is 47.6 Å². The molecule has 3 aromatic rings. The van der Waals surface area contributed by atoms with Gasteiger partial charge in [-0.3, -0.25) is 9.59 Å². The van der Waals surface area contributed by atoms with Crippen molar-refractivity contribution >= 4 is 40.9 Å². The molecule has 0 aliphatic carbocycles. The van der Waals surface area contributed by atoms with Crippen molar-refractivity contribution in [2.24, 2.45) is 0 Å². The Morgan fingerprint density at radius 1 is 1.03 bits per heavy atom. The van der Waals surface area contributed by atoms with Crippen LogP contribution in [0.4, 0.5) is 11.4 Å². The Labute approximate surface area is 195 Å². The first-order valence-electron chi connectivity index (χ1n) is 10.3. The Morgan fingerprint density at radius 2 is 1.82 bits per heavy atom. The maximum absolute atomic E-state index is 12.6. The Balaban J connectivity index is 1.60. The molecule has 0 bridgehead atoms. The van der Waals surface area contributed by atoms with Crippen LogP contribution in [0, 0.1) is 13.8 Å². The van der Waals surface area contributed by atoms with Crippen LogP contribution in [0.3, 0.4) is 0 Å². The summed E-state index contributed by atoms with van der Waals surface area (Å²) in [6.45, 7) is 6.35. The highest BCUT2D eigenvalue weighted by atomic mass is 32.2. The molecule has 0 radical (unpaired) electrons. The van der Waals surface area contributed by atoms with Gasteiger partial charge in [0.05, 0.1) is 17.7 Å². The number of nitrogens with one attached hydrogen (secondary N) is 2. The maximum atomic E-state index is 12.6. The summed E-state index contributed by atoms with van der Waals surface area (Å²) in [5.74, 6) is -0.992. The molecule has 0 saturated carbocycles. The van der Waals surface area contributed by atoms with Crippen molar-refractivity contribution in [3.8, 4) is 0 Å². The first-order chi connectivity index (χ1) is 15.8. The number of hydrogen-bond donors (Lipinski definition) is 3. The summed E-state index contributed by atoms with van der Waals surface area (Å²) in [6, 6.07) is 11.9. The standard InChI is InChI=1S/C23H25N5O4S/c1-4-28-19(12-20(29)25-18-10-14(2)8-9-15(18)3)26-27-23(28)33-13-21(30)24-17-7-5-6-16(11-17)22(31)32/h5-11H,4,12-13H2,1-3H3,(H,24,30)(H,25,29)(H,31,32). The number of anilines is 2. The molecule has 1 heterocycles. The van der Waals surface area contributed by atoms with Gasteiger partial charge in [0.1, 0.15) is 5.82 Å². The zero-order valence-electron chi connectivity index (χ0n) is 18.6. The number of carbonyl (C=O) groups excluding carboxylic acids is 2. The zero-order valence-corrected chi connectivity index (χ0v) is 19.4. The average molecular weight is 468 g/mol. The van der Waals surface area contributed by atoms with Gasteiger partial charge >= 0.3 is 5.97 Å². The van der Waals surface area contributed by atoms with Crippen molar-refractivity contribution in [1.29, 1.82) is 0 Å². The van der Waals surface area contributed by atoms with Crippen molar-refractivity contribution < 1.29 is 19.5 Å². The van der Waals surface area contributed by atoms with Crippen molar-refractivity contribution in [2.45, 2.75) is 38.9 Å². The lowest BCUT2D eigenvalue weighted by molar-refractivity contribution is -0.116. The topological polar surface area (TPSA) is 126 Å². The highest BCUT2D eigenvalue weighted by Crippen LogP contribution is 2.20. The van der Waals surface area contributed by atoms with Crippen LogP contribution in [0.25, 0.3) is 0 Å². The van der Waals surface area contributed by atoms with Gasteiger partial charge < -0.3 is 20.3 Å². The number of carboxylic acid groups (broad SMARTS) is 1. The monoisotopic (exact) mass is 467 g/mol. The number of carbonyl (C=O) groups is 3. The number of hydrogen-bond acceptors (Lipinski definition) is 6. The number of rotatable bonds is 9. The number of aromatic carboxylic acids is 1. The highest BCUT2D eigenvalue weighted by Gasteiger charge is 2.17. The van der Waals surface area contributed by atoms with Crippen LogP contribution in [-0.4, -0.2) is 43.4 Å². The molecule has 0 aliphatic rings. The van der Waals surface area contributed by atoms with Gasteiger partial charge in [0.2, 0.25) is 11.8 Å². The van der Waals surface area contributed by atoms with E-state index in [0.717, 1.165) is 16.8 Å². The molecule has 3 rings (SSSR count). The van der Waals surface area contributed by atoms with Gasteiger partial charge in [0.15, 0.2) is 5.16 Å². The molecule has 3 N–H and O–H groups in total. The van der Waals surface area contributed by atoms with Gasteiger partial charge in [0.25, 0.3) is 0 Å². The van der Waals surface area contributed by atoms with E-state index in [2.05, 4.69) is 20.8 Å². The zero-order chi connectivity index (χ0) is 24.0. The van der Waals surface area contributed by atoms with Crippen LogP contribution in [0.1, 0.15) is 34.2 Å². The van der Waals surface area contributed by atoms with Gasteiger partial charge in [-0.1, -0.05) is 30.0 Å². The number of aryl methyl sites for hydroxylation is 2. The van der Waals surface area contributed by atoms with Crippen molar-refractivity contribution in [1.82, 2.24) is 14.8 Å². The summed E-state index contributed by atoms with van der Waals surface area (Å²) in [4.78, 5) is 35.9. The molecule has 172 valence electrons. The molecule has 0 atom stereocenters. The van der Waals surface area contributed by atoms with E-state index in [1.807, 2.05) is 39.0 Å². The molecule has 33 heavy (non-hydrogen) atoms. The predicted molar refractivity (Wildman–Crippen MR) is 127 cm³/mol. The minimum Gasteiger partial charge on any atom is -0.478 e. The van der Waals surface area contributed by atoms with E-state index in [9.17, 15) is 14.4 Å². The summed E-state index contributed by atoms with van der Waals surface area (Å²) in [7, 11) is 0. The largest absolute Gasteiger partial charge is 0.478 e. The van der Waals surface area contributed by atoms with Crippen LogP contribution in [-0.2, 0) is 22.6 Å². The van der Waals surface area contributed by atoms with Gasteiger partial charge in [-0.2, -0.15) is 0 Å². The van der Waals surface area contributed by atoms with E-state index >= 15 is 0 Å². The van der Waals surface area contributed by atoms with Crippen LogP contribution >= 0.6 is 11.8 Å². The van der Waals surface area contributed by atoms with E-state index in [-0.39, 0.29) is 29.6 Å². The third-order valence-electron chi connectivity index (χ3n) is 4.82. The summed E-state index contributed by atoms with van der Waals surface area (Å²) in [5, 5.41) is 23.5. The average Bonchev–Trinajstić information content (AvgIpc) is 3.16. The number of amides is 2. The normalized spacial score (nSPS) is 10.6. The second kappa shape index (κ2) is 10.8. The molecule has 0 unspecified atom stereocenters. The molecule has 2 aromatic carbocycles. The number of carboxylic acids is 1. The SMILES string of the molecule is CCn1c(CC(=O)Nc2cc(C)ccc2C)nnc1SCC(=O)Nc1cccc(C(=O)O)c1. The molecule has 0 aliphatic heterocycles. The molecular weight excluding hydrogens is 442 g/mol. The van der Waals surface area contributed by atoms with E-state index in [0.29, 0.717) is 23.2 Å². The fraction of sp³-hybridized carbons (Fsp3) is 0.261. The Kier molecular flexibility index (Phi) is 7.83. The summed E-state index contributed by atoms with van der Waals surface area (Å²) in [5.41, 5.74) is 3.29. The molecule has 0 fully saturated rings. The summed E-state index contributed by atoms with van der Waals surface area (Å²) < 4.78 is 1.80. The Bertz CT molecular complexity index is 1190. The van der Waals surface area contributed by atoms with Crippen molar-refractivity contribution in [3.05, 3.63) is 65.0 Å². The van der Waals surface area contributed by atoms with E-state index in [1.165, 1.54) is 23.9 Å². The third-order valence-corrected chi connectivity index (χ3v) is 5.79. The maximum Gasteiger partial charge on any atom is 0.335 e. The second-order valence-corrected chi connectivity index (χ2v) is 8.35. The van der Waals surface area contributed by atoms with E-state index in [1.54, 1.807) is 16.7 Å². The molecule has 2 amide bonds. The molecule has 0 spiro atoms. The molecule has 1 aromatic heterocycles. The molecule has 10 heteroatoms. The molecular formula is C23H25N5O4S. The third kappa shape index (κ3) is 6.42. The van der Waals surface area contributed by atoms with Crippen LogP contribution < -0.4 is 10.6 Å². The van der Waals surface area contributed by atoms with E-state index < -0.39 is 5.97 Å². The lowest BCUT2D eigenvalue weighted by Crippen LogP contribution is -2.18. The Hall–Kier alpha value is -3.66. The van der Waals surface area contributed by atoms with E-state index in [4.69, 9.17) is 5.11 Å². The lowest BCUT2D eigenvalue weighted by Gasteiger charge is -2.10. The highest BCUT2D eigenvalue weighted by molar-refractivity contribution is 7.99. The number of nitrogens with zero attached hydrogens (tertiary/aromatic N) is 3. The van der Waals surface area contributed by atoms with Gasteiger partial charge in [-0.25, -0.2) is 4.79 Å². The van der Waals surface area contributed by atoms with Crippen LogP contribution in [0.2, 0.25) is 0 Å². The molecule has 9 nitrogen and oxygen atoms in total. The van der Waals surface area contributed by atoms with Crippen molar-refractivity contribution in [3.63, 3.8) is 0 Å². The number of thioether (sulfide) groups is 1. The number of benzene rings is 2.